The molecule has 1 fully saturated rings. The number of hydrogen-bond acceptors (Lipinski definition) is 4. The summed E-state index contributed by atoms with van der Waals surface area (Å²) in [6.45, 7) is 0. The summed E-state index contributed by atoms with van der Waals surface area (Å²) in [6, 6.07) is 16.1. The van der Waals surface area contributed by atoms with Gasteiger partial charge in [0.25, 0.3) is 0 Å². The molecule has 1 unspecified atom stereocenters. The lowest BCUT2D eigenvalue weighted by atomic mass is 10.2. The van der Waals surface area contributed by atoms with E-state index < -0.39 is 5.25 Å². The van der Waals surface area contributed by atoms with Crippen molar-refractivity contribution >= 4 is 51.7 Å². The normalized spacial score (nSPS) is 19.0. The number of halogens is 1. The second-order valence-corrected chi connectivity index (χ2v) is 6.74. The first kappa shape index (κ1) is 16.5. The largest absolute Gasteiger partial charge is 0.325 e. The van der Waals surface area contributed by atoms with Crippen molar-refractivity contribution in [3.8, 4) is 0 Å². The summed E-state index contributed by atoms with van der Waals surface area (Å²) in [5.41, 5.74) is 1.32. The second-order valence-electron chi connectivity index (χ2n) is 5.11. The molecule has 1 aliphatic rings. The van der Waals surface area contributed by atoms with Gasteiger partial charge in [0, 0.05) is 17.1 Å². The maximum Gasteiger partial charge on any atom is 0.238 e. The standard InChI is InChI=1S/C17H14ClN3O2S/c18-11-5-4-8-13(9-11)19-16(23)14-10-15(22)21-17(24-14)20-12-6-2-1-3-7-12/h1-9,14H,10H2,(H,19,23)(H,20,21,22). The van der Waals surface area contributed by atoms with Crippen LogP contribution in [-0.4, -0.2) is 22.2 Å². The molecule has 2 aromatic carbocycles. The summed E-state index contributed by atoms with van der Waals surface area (Å²) < 4.78 is 0. The summed E-state index contributed by atoms with van der Waals surface area (Å²) in [6.07, 6.45) is 0.102. The van der Waals surface area contributed by atoms with Crippen molar-refractivity contribution in [1.82, 2.24) is 5.32 Å². The van der Waals surface area contributed by atoms with Crippen LogP contribution in [0.4, 0.5) is 11.4 Å². The molecule has 2 N–H and O–H groups in total. The van der Waals surface area contributed by atoms with Gasteiger partial charge in [-0.25, -0.2) is 4.99 Å². The van der Waals surface area contributed by atoms with E-state index in [1.807, 2.05) is 30.3 Å². The number of aliphatic imine (C=N–C) groups is 1. The highest BCUT2D eigenvalue weighted by Gasteiger charge is 2.30. The number of amides is 2. The Morgan fingerprint density at radius 2 is 2.00 bits per heavy atom. The van der Waals surface area contributed by atoms with Gasteiger partial charge in [-0.15, -0.1) is 0 Å². The fourth-order valence-corrected chi connectivity index (χ4v) is 3.35. The number of para-hydroxylation sites is 1. The third-order valence-corrected chi connectivity index (χ3v) is 4.56. The third kappa shape index (κ3) is 4.37. The first-order valence-electron chi connectivity index (χ1n) is 7.27. The first-order chi connectivity index (χ1) is 11.6. The number of benzene rings is 2. The number of anilines is 1. The summed E-state index contributed by atoms with van der Waals surface area (Å²) >= 11 is 7.15. The summed E-state index contributed by atoms with van der Waals surface area (Å²) in [7, 11) is 0. The van der Waals surface area contributed by atoms with E-state index in [0.717, 1.165) is 5.69 Å². The Kier molecular flexibility index (Phi) is 5.17. The topological polar surface area (TPSA) is 70.6 Å². The molecule has 2 amide bonds. The van der Waals surface area contributed by atoms with Crippen LogP contribution in [0, 0.1) is 0 Å². The van der Waals surface area contributed by atoms with Gasteiger partial charge >= 0.3 is 0 Å². The van der Waals surface area contributed by atoms with Crippen molar-refractivity contribution in [2.24, 2.45) is 4.99 Å². The maximum atomic E-state index is 12.4. The lowest BCUT2D eigenvalue weighted by Gasteiger charge is -2.22. The Hall–Kier alpha value is -2.31. The lowest BCUT2D eigenvalue weighted by Crippen LogP contribution is -2.41. The highest BCUT2D eigenvalue weighted by Crippen LogP contribution is 2.25. The number of amidine groups is 1. The molecule has 3 rings (SSSR count). The highest BCUT2D eigenvalue weighted by molar-refractivity contribution is 8.15. The molecule has 0 aromatic heterocycles. The highest BCUT2D eigenvalue weighted by atomic mass is 35.5. The van der Waals surface area contributed by atoms with Crippen LogP contribution in [0.1, 0.15) is 6.42 Å². The van der Waals surface area contributed by atoms with E-state index in [-0.39, 0.29) is 18.2 Å². The van der Waals surface area contributed by atoms with Crippen LogP contribution in [0.5, 0.6) is 0 Å². The first-order valence-corrected chi connectivity index (χ1v) is 8.52. The minimum absolute atomic E-state index is 0.102. The van der Waals surface area contributed by atoms with Gasteiger partial charge in [-0.3, -0.25) is 9.59 Å². The average Bonchev–Trinajstić information content (AvgIpc) is 2.55. The van der Waals surface area contributed by atoms with Gasteiger partial charge in [0.05, 0.1) is 5.69 Å². The van der Waals surface area contributed by atoms with Crippen LogP contribution in [-0.2, 0) is 9.59 Å². The minimum atomic E-state index is -0.541. The van der Waals surface area contributed by atoms with Gasteiger partial charge in [-0.2, -0.15) is 0 Å². The minimum Gasteiger partial charge on any atom is -0.325 e. The molecule has 0 bridgehead atoms. The van der Waals surface area contributed by atoms with Gasteiger partial charge in [0.2, 0.25) is 11.8 Å². The van der Waals surface area contributed by atoms with E-state index >= 15 is 0 Å². The van der Waals surface area contributed by atoms with Crippen LogP contribution in [0.15, 0.2) is 59.6 Å². The molecule has 122 valence electrons. The molecule has 24 heavy (non-hydrogen) atoms. The van der Waals surface area contributed by atoms with Gasteiger partial charge in [0.1, 0.15) is 5.25 Å². The zero-order chi connectivity index (χ0) is 16.9. The second kappa shape index (κ2) is 7.51. The lowest BCUT2D eigenvalue weighted by molar-refractivity contribution is -0.123. The monoisotopic (exact) mass is 359 g/mol. The van der Waals surface area contributed by atoms with Crippen molar-refractivity contribution in [2.45, 2.75) is 11.7 Å². The van der Waals surface area contributed by atoms with Crippen molar-refractivity contribution in [2.75, 3.05) is 5.32 Å². The zero-order valence-corrected chi connectivity index (χ0v) is 14.1. The Morgan fingerprint density at radius 3 is 2.75 bits per heavy atom. The molecular weight excluding hydrogens is 346 g/mol. The van der Waals surface area contributed by atoms with Crippen LogP contribution < -0.4 is 10.6 Å². The van der Waals surface area contributed by atoms with Crippen LogP contribution in [0.3, 0.4) is 0 Å². The Balaban J connectivity index is 1.72. The summed E-state index contributed by atoms with van der Waals surface area (Å²) in [5.74, 6) is -0.479. The predicted octanol–water partition coefficient (Wildman–Crippen LogP) is 3.59. The molecule has 0 radical (unpaired) electrons. The van der Waals surface area contributed by atoms with Gasteiger partial charge < -0.3 is 10.6 Å². The Labute approximate surface area is 148 Å². The molecular formula is C17H14ClN3O2S. The molecule has 1 heterocycles. The van der Waals surface area contributed by atoms with Crippen molar-refractivity contribution in [1.29, 1.82) is 0 Å². The van der Waals surface area contributed by atoms with Gasteiger partial charge in [0.15, 0.2) is 5.17 Å². The SMILES string of the molecule is O=C1CC(C(=O)Nc2cccc(Cl)c2)SC(=Nc2ccccc2)N1. The van der Waals surface area contributed by atoms with Crippen molar-refractivity contribution in [3.63, 3.8) is 0 Å². The van der Waals surface area contributed by atoms with Crippen LogP contribution >= 0.6 is 23.4 Å². The molecule has 0 saturated carbocycles. The van der Waals surface area contributed by atoms with E-state index in [2.05, 4.69) is 15.6 Å². The van der Waals surface area contributed by atoms with Crippen LogP contribution in [0.2, 0.25) is 5.02 Å². The predicted molar refractivity (Wildman–Crippen MR) is 97.8 cm³/mol. The number of nitrogens with zero attached hydrogens (tertiary/aromatic N) is 1. The number of thioether (sulfide) groups is 1. The van der Waals surface area contributed by atoms with E-state index in [0.29, 0.717) is 15.9 Å². The Bertz CT molecular complexity index is 795. The number of hydrogen-bond donors (Lipinski definition) is 2. The van der Waals surface area contributed by atoms with Gasteiger partial charge in [-0.05, 0) is 30.3 Å². The fourth-order valence-electron chi connectivity index (χ4n) is 2.15. The summed E-state index contributed by atoms with van der Waals surface area (Å²) in [5, 5.41) is 5.89. The van der Waals surface area contributed by atoms with Crippen molar-refractivity contribution < 1.29 is 9.59 Å². The molecule has 0 spiro atoms. The number of rotatable bonds is 3. The third-order valence-electron chi connectivity index (χ3n) is 3.24. The number of nitrogens with one attached hydrogen (secondary N) is 2. The van der Waals surface area contributed by atoms with Gasteiger partial charge in [-0.1, -0.05) is 47.6 Å². The quantitative estimate of drug-likeness (QED) is 0.879. The molecule has 7 heteroatoms. The summed E-state index contributed by atoms with van der Waals surface area (Å²) in [4.78, 5) is 28.7. The van der Waals surface area contributed by atoms with E-state index in [1.165, 1.54) is 11.8 Å². The zero-order valence-electron chi connectivity index (χ0n) is 12.5. The fraction of sp³-hybridized carbons (Fsp3) is 0.118. The number of carbonyl (C=O) groups is 2. The molecule has 5 nitrogen and oxygen atoms in total. The Morgan fingerprint density at radius 1 is 1.21 bits per heavy atom. The molecule has 0 aliphatic carbocycles. The maximum absolute atomic E-state index is 12.4. The van der Waals surface area contributed by atoms with E-state index in [9.17, 15) is 9.59 Å². The van der Waals surface area contributed by atoms with Crippen molar-refractivity contribution in [3.05, 3.63) is 59.6 Å². The smallest absolute Gasteiger partial charge is 0.238 e. The van der Waals surface area contributed by atoms with E-state index in [1.54, 1.807) is 24.3 Å². The molecule has 1 aliphatic heterocycles. The molecule has 1 atom stereocenters. The van der Waals surface area contributed by atoms with Crippen LogP contribution in [0.25, 0.3) is 0 Å². The average molecular weight is 360 g/mol. The number of carbonyl (C=O) groups excluding carboxylic acids is 2. The van der Waals surface area contributed by atoms with E-state index in [4.69, 9.17) is 11.6 Å². The molecule has 2 aromatic rings. The molecule has 1 saturated heterocycles.